The molecule has 0 fully saturated rings. The molecule has 47 heavy (non-hydrogen) atoms. The van der Waals surface area contributed by atoms with E-state index < -0.39 is 0 Å². The molecule has 3 heteroatoms. The molecule has 0 aliphatic carbocycles. The first-order valence-corrected chi connectivity index (χ1v) is 17.1. The Kier molecular flexibility index (Phi) is 8.70. The number of halogens is 1. The smallest absolute Gasteiger partial charge is 0.131 e. The predicted molar refractivity (Wildman–Crippen MR) is 197 cm³/mol. The van der Waals surface area contributed by atoms with E-state index in [-0.39, 0.29) is 28.0 Å². The van der Waals surface area contributed by atoms with Crippen molar-refractivity contribution in [3.63, 3.8) is 0 Å². The molecular formula is C44H51FN2. The maximum absolute atomic E-state index is 15.9. The molecule has 0 N–H and O–H groups in total. The van der Waals surface area contributed by atoms with Gasteiger partial charge in [0.05, 0.1) is 0 Å². The van der Waals surface area contributed by atoms with E-state index >= 15 is 4.39 Å². The fourth-order valence-corrected chi connectivity index (χ4v) is 8.35. The van der Waals surface area contributed by atoms with E-state index in [1.807, 2.05) is 6.07 Å². The average molecular weight is 627 g/mol. The van der Waals surface area contributed by atoms with Crippen molar-refractivity contribution in [2.75, 3.05) is 0 Å². The Labute approximate surface area is 282 Å². The van der Waals surface area contributed by atoms with E-state index in [4.69, 9.17) is 0 Å². The van der Waals surface area contributed by atoms with Gasteiger partial charge in [-0.15, -0.1) is 0 Å². The summed E-state index contributed by atoms with van der Waals surface area (Å²) in [5.74, 6) is -0.155. The van der Waals surface area contributed by atoms with Crippen molar-refractivity contribution in [1.29, 1.82) is 0 Å². The highest BCUT2D eigenvalue weighted by molar-refractivity contribution is 5.75. The van der Waals surface area contributed by atoms with Gasteiger partial charge in [-0.1, -0.05) is 109 Å². The SMILES string of the molecule is CC1(C)C=C(c2ccc(-c3ccc(C4=CC(C)(C)N(Cc5ccccc5)C(C)(C)C4)c(F)c3)cc2)CC(C)(C)N1Cc1ccccc1. The summed E-state index contributed by atoms with van der Waals surface area (Å²) >= 11 is 0. The molecule has 2 aliphatic heterocycles. The van der Waals surface area contributed by atoms with Crippen molar-refractivity contribution in [3.05, 3.63) is 143 Å². The molecule has 4 aromatic rings. The van der Waals surface area contributed by atoms with Gasteiger partial charge < -0.3 is 0 Å². The Bertz CT molecular complexity index is 1780. The summed E-state index contributed by atoms with van der Waals surface area (Å²) in [6, 6.07) is 35.9. The van der Waals surface area contributed by atoms with E-state index in [1.54, 1.807) is 6.07 Å². The normalized spacial score (nSPS) is 20.4. The second-order valence-corrected chi connectivity index (χ2v) is 16.0. The van der Waals surface area contributed by atoms with Crippen LogP contribution < -0.4 is 0 Å². The number of hydrogen-bond donors (Lipinski definition) is 0. The van der Waals surface area contributed by atoms with Crippen LogP contribution in [0.15, 0.2) is 115 Å². The van der Waals surface area contributed by atoms with Crippen molar-refractivity contribution in [2.45, 2.75) is 103 Å². The lowest BCUT2D eigenvalue weighted by molar-refractivity contribution is 0.0297. The van der Waals surface area contributed by atoms with E-state index in [2.05, 4.69) is 168 Å². The largest absolute Gasteiger partial charge is 0.285 e. The van der Waals surface area contributed by atoms with Gasteiger partial charge in [0.2, 0.25) is 0 Å². The van der Waals surface area contributed by atoms with Crippen LogP contribution in [-0.2, 0) is 13.1 Å². The highest BCUT2D eigenvalue weighted by atomic mass is 19.1. The van der Waals surface area contributed by atoms with Gasteiger partial charge in [0, 0.05) is 40.8 Å². The first-order chi connectivity index (χ1) is 22.1. The van der Waals surface area contributed by atoms with Crippen molar-refractivity contribution >= 4 is 11.1 Å². The molecule has 0 aromatic heterocycles. The first kappa shape index (κ1) is 33.1. The zero-order valence-electron chi connectivity index (χ0n) is 29.6. The fraction of sp³-hybridized carbons (Fsp3) is 0.364. The van der Waals surface area contributed by atoms with Crippen molar-refractivity contribution < 1.29 is 4.39 Å². The van der Waals surface area contributed by atoms with Crippen LogP contribution in [0.5, 0.6) is 0 Å². The Morgan fingerprint density at radius 1 is 0.511 bits per heavy atom. The second kappa shape index (κ2) is 12.3. The molecule has 0 amide bonds. The Hall–Kier alpha value is -3.79. The predicted octanol–water partition coefficient (Wildman–Crippen LogP) is 11.2. The van der Waals surface area contributed by atoms with Gasteiger partial charge in [-0.05, 0) is 113 Å². The Morgan fingerprint density at radius 2 is 0.936 bits per heavy atom. The van der Waals surface area contributed by atoms with Crippen LogP contribution in [0, 0.1) is 5.82 Å². The minimum Gasteiger partial charge on any atom is -0.285 e. The molecule has 0 radical (unpaired) electrons. The van der Waals surface area contributed by atoms with Crippen LogP contribution in [-0.4, -0.2) is 32.0 Å². The Balaban J connectivity index is 1.22. The maximum atomic E-state index is 15.9. The molecule has 0 bridgehead atoms. The highest BCUT2D eigenvalue weighted by Crippen LogP contribution is 2.44. The molecule has 2 nitrogen and oxygen atoms in total. The topological polar surface area (TPSA) is 6.48 Å². The van der Waals surface area contributed by atoms with Crippen LogP contribution in [0.25, 0.3) is 22.3 Å². The average Bonchev–Trinajstić information content (AvgIpc) is 3.01. The van der Waals surface area contributed by atoms with Crippen molar-refractivity contribution in [2.24, 2.45) is 0 Å². The molecular weight excluding hydrogens is 575 g/mol. The fourth-order valence-electron chi connectivity index (χ4n) is 8.35. The highest BCUT2D eigenvalue weighted by Gasteiger charge is 2.42. The Morgan fingerprint density at radius 3 is 1.40 bits per heavy atom. The standard InChI is InChI=1S/C44H51FN2/c1-41(2)26-37(27-42(3,4)46(41)30-32-15-11-9-12-16-32)35-21-19-34(20-22-35)36-23-24-39(40(45)25-36)38-28-43(5,6)47(44(7,8)29-38)31-33-17-13-10-14-18-33/h9-26,28H,27,29-31H2,1-8H3. The molecule has 4 aromatic carbocycles. The van der Waals surface area contributed by atoms with Gasteiger partial charge in [-0.3, -0.25) is 9.80 Å². The monoisotopic (exact) mass is 626 g/mol. The molecule has 0 saturated carbocycles. The number of benzene rings is 4. The third kappa shape index (κ3) is 6.93. The van der Waals surface area contributed by atoms with Gasteiger partial charge in [0.15, 0.2) is 0 Å². The number of rotatable bonds is 7. The van der Waals surface area contributed by atoms with Gasteiger partial charge in [-0.25, -0.2) is 4.39 Å². The van der Waals surface area contributed by atoms with Gasteiger partial charge in [0.1, 0.15) is 5.82 Å². The summed E-state index contributed by atoms with van der Waals surface area (Å²) in [7, 11) is 0. The van der Waals surface area contributed by atoms with Crippen LogP contribution in [0.3, 0.4) is 0 Å². The third-order valence-corrected chi connectivity index (χ3v) is 10.4. The molecule has 2 aliphatic rings. The quantitative estimate of drug-likeness (QED) is 0.201. The third-order valence-electron chi connectivity index (χ3n) is 10.4. The number of hydrogen-bond acceptors (Lipinski definition) is 2. The summed E-state index contributed by atoms with van der Waals surface area (Å²) < 4.78 is 15.9. The molecule has 0 spiro atoms. The van der Waals surface area contributed by atoms with E-state index in [1.165, 1.54) is 22.3 Å². The molecule has 6 rings (SSSR count). The zero-order chi connectivity index (χ0) is 33.6. The van der Waals surface area contributed by atoms with Crippen LogP contribution in [0.2, 0.25) is 0 Å². The molecule has 0 unspecified atom stereocenters. The van der Waals surface area contributed by atoms with Gasteiger partial charge in [-0.2, -0.15) is 0 Å². The van der Waals surface area contributed by atoms with E-state index in [0.717, 1.165) is 42.6 Å². The second-order valence-electron chi connectivity index (χ2n) is 16.0. The molecule has 0 atom stereocenters. The summed E-state index contributed by atoms with van der Waals surface area (Å²) in [6.07, 6.45) is 6.47. The molecule has 244 valence electrons. The first-order valence-electron chi connectivity index (χ1n) is 17.1. The maximum Gasteiger partial charge on any atom is 0.131 e. The summed E-state index contributed by atoms with van der Waals surface area (Å²) in [6.45, 7) is 20.2. The van der Waals surface area contributed by atoms with E-state index in [9.17, 15) is 0 Å². The lowest BCUT2D eigenvalue weighted by Crippen LogP contribution is -2.56. The van der Waals surface area contributed by atoms with E-state index in [0.29, 0.717) is 5.56 Å². The van der Waals surface area contributed by atoms with Crippen LogP contribution >= 0.6 is 0 Å². The van der Waals surface area contributed by atoms with Crippen molar-refractivity contribution in [3.8, 4) is 11.1 Å². The summed E-state index contributed by atoms with van der Waals surface area (Å²) in [5, 5.41) is 0. The molecule has 0 saturated heterocycles. The number of nitrogens with zero attached hydrogens (tertiary/aromatic N) is 2. The van der Waals surface area contributed by atoms with Gasteiger partial charge >= 0.3 is 0 Å². The summed E-state index contributed by atoms with van der Waals surface area (Å²) in [4.78, 5) is 5.15. The van der Waals surface area contributed by atoms with Crippen LogP contribution in [0.1, 0.15) is 90.5 Å². The molecule has 2 heterocycles. The zero-order valence-corrected chi connectivity index (χ0v) is 29.6. The lowest BCUT2D eigenvalue weighted by atomic mass is 9.77. The van der Waals surface area contributed by atoms with Crippen LogP contribution in [0.4, 0.5) is 4.39 Å². The van der Waals surface area contributed by atoms with Gasteiger partial charge in [0.25, 0.3) is 0 Å². The van der Waals surface area contributed by atoms with Crippen molar-refractivity contribution in [1.82, 2.24) is 9.80 Å². The minimum absolute atomic E-state index is 0.00340. The lowest BCUT2D eigenvalue weighted by Gasteiger charge is -2.52. The minimum atomic E-state index is -0.219. The summed E-state index contributed by atoms with van der Waals surface area (Å²) in [5.41, 5.74) is 8.53.